The molecule has 0 saturated carbocycles. The summed E-state index contributed by atoms with van der Waals surface area (Å²) in [6.07, 6.45) is -4.46. The van der Waals surface area contributed by atoms with Gasteiger partial charge in [-0.1, -0.05) is 0 Å². The van der Waals surface area contributed by atoms with E-state index in [1.165, 1.54) is 17.9 Å². The molecule has 0 spiro atoms. The van der Waals surface area contributed by atoms with E-state index >= 15 is 0 Å². The average Bonchev–Trinajstić information content (AvgIpc) is 3.15. The zero-order valence-corrected chi connectivity index (χ0v) is 15.5. The van der Waals surface area contributed by atoms with Crippen LogP contribution >= 0.6 is 0 Å². The molecule has 0 aliphatic carbocycles. The van der Waals surface area contributed by atoms with Crippen molar-refractivity contribution in [1.82, 2.24) is 9.78 Å². The van der Waals surface area contributed by atoms with Crippen molar-refractivity contribution < 1.29 is 32.5 Å². The Balaban J connectivity index is 1.95. The lowest BCUT2D eigenvalue weighted by Gasteiger charge is -2.09. The van der Waals surface area contributed by atoms with Gasteiger partial charge in [-0.05, 0) is 48.5 Å². The van der Waals surface area contributed by atoms with Crippen LogP contribution in [0.15, 0.2) is 54.6 Å². The van der Waals surface area contributed by atoms with Gasteiger partial charge in [0.15, 0.2) is 6.61 Å². The Morgan fingerprint density at radius 3 is 2.21 bits per heavy atom. The molecular formula is C20H19F3N2O4. The second-order valence-corrected chi connectivity index (χ2v) is 5.98. The SMILES string of the molecule is COc1ccc(-n2nc(OCC(F)(F)F)cc2-c2ccc(OCCO)cc2)cc1. The summed E-state index contributed by atoms with van der Waals surface area (Å²) in [5, 5.41) is 13.0. The Morgan fingerprint density at radius 2 is 1.62 bits per heavy atom. The minimum absolute atomic E-state index is 0.105. The Morgan fingerprint density at radius 1 is 0.966 bits per heavy atom. The maximum Gasteiger partial charge on any atom is 0.422 e. The molecule has 9 heteroatoms. The van der Waals surface area contributed by atoms with Gasteiger partial charge in [-0.25, -0.2) is 4.68 Å². The van der Waals surface area contributed by atoms with Gasteiger partial charge < -0.3 is 19.3 Å². The molecule has 0 radical (unpaired) electrons. The fourth-order valence-electron chi connectivity index (χ4n) is 2.60. The van der Waals surface area contributed by atoms with Crippen molar-refractivity contribution in [2.45, 2.75) is 6.18 Å². The molecule has 0 aliphatic heterocycles. The number of nitrogens with zero attached hydrogens (tertiary/aromatic N) is 2. The molecule has 0 amide bonds. The standard InChI is InChI=1S/C20H19F3N2O4/c1-27-16-8-4-15(5-9-16)25-18(12-19(24-25)29-13-20(21,22)23)14-2-6-17(7-3-14)28-11-10-26/h2-9,12,26H,10-11,13H2,1H3. The number of aliphatic hydroxyl groups is 1. The fourth-order valence-corrected chi connectivity index (χ4v) is 2.60. The van der Waals surface area contributed by atoms with Crippen molar-refractivity contribution in [1.29, 1.82) is 0 Å². The summed E-state index contributed by atoms with van der Waals surface area (Å²) < 4.78 is 54.3. The minimum atomic E-state index is -4.46. The number of ether oxygens (including phenoxy) is 3. The van der Waals surface area contributed by atoms with Crippen molar-refractivity contribution >= 4 is 0 Å². The van der Waals surface area contributed by atoms with E-state index in [0.717, 1.165) is 0 Å². The second-order valence-electron chi connectivity index (χ2n) is 5.98. The first-order chi connectivity index (χ1) is 13.9. The van der Waals surface area contributed by atoms with E-state index in [2.05, 4.69) is 5.10 Å². The zero-order chi connectivity index (χ0) is 20.9. The lowest BCUT2D eigenvalue weighted by atomic mass is 10.1. The highest BCUT2D eigenvalue weighted by Gasteiger charge is 2.29. The molecule has 1 heterocycles. The molecule has 1 N–H and O–H groups in total. The lowest BCUT2D eigenvalue weighted by molar-refractivity contribution is -0.154. The number of alkyl halides is 3. The van der Waals surface area contributed by atoms with E-state index < -0.39 is 12.8 Å². The zero-order valence-electron chi connectivity index (χ0n) is 15.5. The highest BCUT2D eigenvalue weighted by molar-refractivity contribution is 5.64. The topological polar surface area (TPSA) is 65.7 Å². The molecule has 29 heavy (non-hydrogen) atoms. The molecule has 1 aromatic heterocycles. The first kappa shape index (κ1) is 20.5. The summed E-state index contributed by atoms with van der Waals surface area (Å²) in [5.41, 5.74) is 1.87. The number of rotatable bonds is 8. The highest BCUT2D eigenvalue weighted by Crippen LogP contribution is 2.30. The molecule has 0 saturated heterocycles. The molecule has 0 fully saturated rings. The molecule has 0 unspecified atom stereocenters. The largest absolute Gasteiger partial charge is 0.497 e. The van der Waals surface area contributed by atoms with Gasteiger partial charge in [0.1, 0.15) is 18.1 Å². The van der Waals surface area contributed by atoms with E-state index in [1.54, 1.807) is 48.5 Å². The fraction of sp³-hybridized carbons (Fsp3) is 0.250. The Bertz CT molecular complexity index is 922. The van der Waals surface area contributed by atoms with Crippen LogP contribution in [0.4, 0.5) is 13.2 Å². The minimum Gasteiger partial charge on any atom is -0.497 e. The number of hydrogen-bond acceptors (Lipinski definition) is 5. The predicted molar refractivity (Wildman–Crippen MR) is 99.7 cm³/mol. The summed E-state index contributed by atoms with van der Waals surface area (Å²) in [7, 11) is 1.54. The monoisotopic (exact) mass is 408 g/mol. The highest BCUT2D eigenvalue weighted by atomic mass is 19.4. The smallest absolute Gasteiger partial charge is 0.422 e. The van der Waals surface area contributed by atoms with Gasteiger partial charge in [-0.3, -0.25) is 0 Å². The third-order valence-corrected chi connectivity index (χ3v) is 3.90. The van der Waals surface area contributed by atoms with Crippen LogP contribution in [0.5, 0.6) is 17.4 Å². The van der Waals surface area contributed by atoms with E-state index in [0.29, 0.717) is 28.4 Å². The summed E-state index contributed by atoms with van der Waals surface area (Å²) in [6, 6.07) is 15.3. The van der Waals surface area contributed by atoms with Crippen molar-refractivity contribution in [3.8, 4) is 34.3 Å². The summed E-state index contributed by atoms with van der Waals surface area (Å²) >= 11 is 0. The molecule has 6 nitrogen and oxygen atoms in total. The normalized spacial score (nSPS) is 11.3. The Kier molecular flexibility index (Phi) is 6.28. The molecule has 154 valence electrons. The van der Waals surface area contributed by atoms with E-state index in [9.17, 15) is 13.2 Å². The maximum absolute atomic E-state index is 12.5. The van der Waals surface area contributed by atoms with Crippen molar-refractivity contribution in [3.05, 3.63) is 54.6 Å². The van der Waals surface area contributed by atoms with Crippen molar-refractivity contribution in [3.63, 3.8) is 0 Å². The van der Waals surface area contributed by atoms with Gasteiger partial charge in [0.05, 0.1) is 25.1 Å². The van der Waals surface area contributed by atoms with Gasteiger partial charge in [-0.2, -0.15) is 13.2 Å². The number of aliphatic hydroxyl groups excluding tert-OH is 1. The number of methoxy groups -OCH3 is 1. The van der Waals surface area contributed by atoms with Crippen molar-refractivity contribution in [2.75, 3.05) is 26.9 Å². The van der Waals surface area contributed by atoms with Crippen LogP contribution < -0.4 is 14.2 Å². The Hall–Kier alpha value is -3.20. The molecule has 3 rings (SSSR count). The van der Waals surface area contributed by atoms with E-state index in [1.807, 2.05) is 0 Å². The molecule has 0 aliphatic rings. The summed E-state index contributed by atoms with van der Waals surface area (Å²) in [5.74, 6) is 1.06. The predicted octanol–water partition coefficient (Wildman–Crippen LogP) is 3.86. The van der Waals surface area contributed by atoms with Crippen LogP contribution in [-0.2, 0) is 0 Å². The average molecular weight is 408 g/mol. The summed E-state index contributed by atoms with van der Waals surface area (Å²) in [6.45, 7) is -1.37. The van der Waals surface area contributed by atoms with E-state index in [-0.39, 0.29) is 19.1 Å². The van der Waals surface area contributed by atoms with Gasteiger partial charge in [-0.15, -0.1) is 5.10 Å². The number of halogens is 3. The van der Waals surface area contributed by atoms with Crippen LogP contribution in [0.2, 0.25) is 0 Å². The van der Waals surface area contributed by atoms with Gasteiger partial charge >= 0.3 is 6.18 Å². The molecule has 0 bridgehead atoms. The van der Waals surface area contributed by atoms with Crippen LogP contribution in [-0.4, -0.2) is 48.0 Å². The maximum atomic E-state index is 12.5. The van der Waals surface area contributed by atoms with Crippen molar-refractivity contribution in [2.24, 2.45) is 0 Å². The van der Waals surface area contributed by atoms with Crippen LogP contribution in [0, 0.1) is 0 Å². The first-order valence-electron chi connectivity index (χ1n) is 8.68. The lowest BCUT2D eigenvalue weighted by Crippen LogP contribution is -2.19. The van der Waals surface area contributed by atoms with E-state index in [4.69, 9.17) is 19.3 Å². The molecule has 2 aromatic carbocycles. The first-order valence-corrected chi connectivity index (χ1v) is 8.68. The number of aromatic nitrogens is 2. The molecule has 3 aromatic rings. The van der Waals surface area contributed by atoms with Crippen LogP contribution in [0.1, 0.15) is 0 Å². The quantitative estimate of drug-likeness (QED) is 0.613. The number of hydrogen-bond donors (Lipinski definition) is 1. The summed E-state index contributed by atoms with van der Waals surface area (Å²) in [4.78, 5) is 0. The third kappa shape index (κ3) is 5.41. The molecule has 0 atom stereocenters. The van der Waals surface area contributed by atoms with Gasteiger partial charge in [0.2, 0.25) is 5.88 Å². The van der Waals surface area contributed by atoms with Gasteiger partial charge in [0.25, 0.3) is 0 Å². The molecular weight excluding hydrogens is 389 g/mol. The van der Waals surface area contributed by atoms with Gasteiger partial charge in [0, 0.05) is 11.6 Å². The van der Waals surface area contributed by atoms with Crippen LogP contribution in [0.3, 0.4) is 0 Å². The number of benzene rings is 2. The van der Waals surface area contributed by atoms with Crippen LogP contribution in [0.25, 0.3) is 16.9 Å². The second kappa shape index (κ2) is 8.87. The Labute approximate surface area is 165 Å². The third-order valence-electron chi connectivity index (χ3n) is 3.90.